The van der Waals surface area contributed by atoms with Gasteiger partial charge in [-0.1, -0.05) is 6.92 Å². The van der Waals surface area contributed by atoms with Crippen LogP contribution in [0.5, 0.6) is 0 Å². The third kappa shape index (κ3) is 3.48. The summed E-state index contributed by atoms with van der Waals surface area (Å²) >= 11 is 0. The Morgan fingerprint density at radius 2 is 2.04 bits per heavy atom. The zero-order chi connectivity index (χ0) is 16.4. The largest absolute Gasteiger partial charge is 0.385 e. The lowest BCUT2D eigenvalue weighted by Gasteiger charge is -2.33. The summed E-state index contributed by atoms with van der Waals surface area (Å²) in [6.07, 6.45) is 8.32. The first-order valence-electron chi connectivity index (χ1n) is 8.47. The van der Waals surface area contributed by atoms with Crippen LogP contribution in [0.25, 0.3) is 0 Å². The number of aryl methyl sites for hydroxylation is 3. The van der Waals surface area contributed by atoms with Crippen LogP contribution in [-0.2, 0) is 27.1 Å². The number of aliphatic hydroxyl groups excluding tert-OH is 1. The number of rotatable bonds is 5. The number of aromatic nitrogens is 4. The fourth-order valence-corrected chi connectivity index (χ4v) is 3.55. The molecule has 2 aromatic heterocycles. The molecule has 0 radical (unpaired) electrons. The van der Waals surface area contributed by atoms with Crippen LogP contribution in [0.3, 0.4) is 0 Å². The number of imidazole rings is 1. The van der Waals surface area contributed by atoms with E-state index < -0.39 is 6.10 Å². The van der Waals surface area contributed by atoms with Crippen molar-refractivity contribution < 1.29 is 5.11 Å². The van der Waals surface area contributed by atoms with E-state index in [0.29, 0.717) is 5.92 Å². The van der Waals surface area contributed by atoms with Crippen LogP contribution in [0.2, 0.25) is 0 Å². The number of piperidine rings is 1. The highest BCUT2D eigenvalue weighted by Gasteiger charge is 2.28. The van der Waals surface area contributed by atoms with E-state index in [1.165, 1.54) is 11.3 Å². The monoisotopic (exact) mass is 317 g/mol. The SMILES string of the molecule is CCc1nn(C)cc1CN1CCC(C(O)c2nccn2C)CC1. The van der Waals surface area contributed by atoms with Crippen molar-refractivity contribution in [2.45, 2.75) is 38.8 Å². The number of likely N-dealkylation sites (tertiary alicyclic amines) is 1. The normalized spacial score (nSPS) is 18.4. The molecular formula is C17H27N5O. The summed E-state index contributed by atoms with van der Waals surface area (Å²) in [7, 11) is 3.92. The summed E-state index contributed by atoms with van der Waals surface area (Å²) in [5.74, 6) is 1.08. The molecule has 1 saturated heterocycles. The van der Waals surface area contributed by atoms with Crippen LogP contribution >= 0.6 is 0 Å². The first kappa shape index (κ1) is 16.2. The zero-order valence-corrected chi connectivity index (χ0v) is 14.3. The maximum absolute atomic E-state index is 10.6. The van der Waals surface area contributed by atoms with Gasteiger partial charge in [0.15, 0.2) is 0 Å². The molecule has 3 rings (SSSR count). The third-order valence-electron chi connectivity index (χ3n) is 4.92. The molecule has 6 heteroatoms. The molecule has 1 atom stereocenters. The lowest BCUT2D eigenvalue weighted by Crippen LogP contribution is -2.35. The van der Waals surface area contributed by atoms with E-state index in [0.717, 1.165) is 44.7 Å². The van der Waals surface area contributed by atoms with Gasteiger partial charge in [0.2, 0.25) is 0 Å². The minimum Gasteiger partial charge on any atom is -0.385 e. The molecule has 1 fully saturated rings. The van der Waals surface area contributed by atoms with Gasteiger partial charge in [-0.15, -0.1) is 0 Å². The Kier molecular flexibility index (Phi) is 4.82. The van der Waals surface area contributed by atoms with Gasteiger partial charge in [0.25, 0.3) is 0 Å². The van der Waals surface area contributed by atoms with Crippen molar-refractivity contribution in [3.8, 4) is 0 Å². The Morgan fingerprint density at radius 1 is 1.30 bits per heavy atom. The van der Waals surface area contributed by atoms with Gasteiger partial charge in [-0.05, 0) is 38.3 Å². The highest BCUT2D eigenvalue weighted by atomic mass is 16.3. The lowest BCUT2D eigenvalue weighted by molar-refractivity contribution is 0.0491. The molecule has 1 aliphatic rings. The van der Waals surface area contributed by atoms with Crippen molar-refractivity contribution >= 4 is 0 Å². The molecular weight excluding hydrogens is 290 g/mol. The summed E-state index contributed by atoms with van der Waals surface area (Å²) in [6, 6.07) is 0. The first-order chi connectivity index (χ1) is 11.1. The fourth-order valence-electron chi connectivity index (χ4n) is 3.55. The predicted molar refractivity (Wildman–Crippen MR) is 88.8 cm³/mol. The molecule has 0 aromatic carbocycles. The van der Waals surface area contributed by atoms with Crippen molar-refractivity contribution in [3.63, 3.8) is 0 Å². The minimum absolute atomic E-state index is 0.298. The van der Waals surface area contributed by atoms with Crippen LogP contribution in [-0.4, -0.2) is 42.4 Å². The van der Waals surface area contributed by atoms with Crippen molar-refractivity contribution in [2.24, 2.45) is 20.0 Å². The molecule has 0 bridgehead atoms. The summed E-state index contributed by atoms with van der Waals surface area (Å²) in [5, 5.41) is 15.1. The van der Waals surface area contributed by atoms with E-state index in [1.807, 2.05) is 29.5 Å². The van der Waals surface area contributed by atoms with E-state index in [9.17, 15) is 5.11 Å². The number of hydrogen-bond donors (Lipinski definition) is 1. The molecule has 1 aliphatic heterocycles. The van der Waals surface area contributed by atoms with Crippen molar-refractivity contribution in [1.29, 1.82) is 0 Å². The van der Waals surface area contributed by atoms with Crippen LogP contribution in [0.15, 0.2) is 18.6 Å². The molecule has 1 unspecified atom stereocenters. The smallest absolute Gasteiger partial charge is 0.137 e. The van der Waals surface area contributed by atoms with Crippen LogP contribution in [0, 0.1) is 5.92 Å². The van der Waals surface area contributed by atoms with Gasteiger partial charge in [-0.3, -0.25) is 9.58 Å². The Labute approximate surface area is 137 Å². The van der Waals surface area contributed by atoms with E-state index in [2.05, 4.69) is 28.1 Å². The van der Waals surface area contributed by atoms with Crippen molar-refractivity contribution in [1.82, 2.24) is 24.2 Å². The maximum Gasteiger partial charge on any atom is 0.137 e. The van der Waals surface area contributed by atoms with Crippen molar-refractivity contribution in [3.05, 3.63) is 35.7 Å². The first-order valence-corrected chi connectivity index (χ1v) is 8.47. The Bertz CT molecular complexity index is 639. The summed E-state index contributed by atoms with van der Waals surface area (Å²) in [5.41, 5.74) is 2.53. The van der Waals surface area contributed by atoms with Gasteiger partial charge < -0.3 is 9.67 Å². The second kappa shape index (κ2) is 6.84. The van der Waals surface area contributed by atoms with Gasteiger partial charge in [-0.25, -0.2) is 4.98 Å². The van der Waals surface area contributed by atoms with Crippen LogP contribution < -0.4 is 0 Å². The molecule has 0 spiro atoms. The molecule has 6 nitrogen and oxygen atoms in total. The Balaban J connectivity index is 1.57. The fraction of sp³-hybridized carbons (Fsp3) is 0.647. The number of aliphatic hydroxyl groups is 1. The van der Waals surface area contributed by atoms with Gasteiger partial charge in [0.1, 0.15) is 11.9 Å². The van der Waals surface area contributed by atoms with E-state index >= 15 is 0 Å². The highest BCUT2D eigenvalue weighted by molar-refractivity contribution is 5.17. The summed E-state index contributed by atoms with van der Waals surface area (Å²) in [6.45, 7) is 5.15. The predicted octanol–water partition coefficient (Wildman–Crippen LogP) is 1.66. The molecule has 2 aromatic rings. The molecule has 0 amide bonds. The van der Waals surface area contributed by atoms with Gasteiger partial charge in [0.05, 0.1) is 5.69 Å². The standard InChI is InChI=1S/C17H27N5O/c1-4-15-14(11-21(3)19-15)12-22-8-5-13(6-9-22)16(23)17-18-7-10-20(17)2/h7,10-11,13,16,23H,4-6,8-9,12H2,1-3H3. The zero-order valence-electron chi connectivity index (χ0n) is 14.3. The second-order valence-electron chi connectivity index (χ2n) is 6.58. The third-order valence-corrected chi connectivity index (χ3v) is 4.92. The molecule has 126 valence electrons. The second-order valence-corrected chi connectivity index (χ2v) is 6.58. The molecule has 0 aliphatic carbocycles. The molecule has 23 heavy (non-hydrogen) atoms. The molecule has 1 N–H and O–H groups in total. The van der Waals surface area contributed by atoms with Crippen LogP contribution in [0.1, 0.15) is 43.0 Å². The quantitative estimate of drug-likeness (QED) is 0.911. The molecule has 0 saturated carbocycles. The number of hydrogen-bond acceptors (Lipinski definition) is 4. The van der Waals surface area contributed by atoms with Gasteiger partial charge >= 0.3 is 0 Å². The summed E-state index contributed by atoms with van der Waals surface area (Å²) in [4.78, 5) is 6.76. The topological polar surface area (TPSA) is 59.1 Å². The van der Waals surface area contributed by atoms with E-state index in [1.54, 1.807) is 6.20 Å². The Hall–Kier alpha value is -1.66. The Morgan fingerprint density at radius 3 is 2.65 bits per heavy atom. The average Bonchev–Trinajstić information content (AvgIpc) is 3.13. The average molecular weight is 317 g/mol. The maximum atomic E-state index is 10.6. The lowest BCUT2D eigenvalue weighted by atomic mass is 9.90. The van der Waals surface area contributed by atoms with Gasteiger partial charge in [-0.2, -0.15) is 5.10 Å². The summed E-state index contributed by atoms with van der Waals surface area (Å²) < 4.78 is 3.83. The van der Waals surface area contributed by atoms with Crippen molar-refractivity contribution in [2.75, 3.05) is 13.1 Å². The molecule has 3 heterocycles. The van der Waals surface area contributed by atoms with E-state index in [4.69, 9.17) is 0 Å². The number of nitrogens with zero attached hydrogens (tertiary/aromatic N) is 5. The van der Waals surface area contributed by atoms with E-state index in [-0.39, 0.29) is 0 Å². The highest BCUT2D eigenvalue weighted by Crippen LogP contribution is 2.30. The van der Waals surface area contributed by atoms with Crippen LogP contribution in [0.4, 0.5) is 0 Å². The van der Waals surface area contributed by atoms with Gasteiger partial charge in [0, 0.05) is 44.8 Å². The minimum atomic E-state index is -0.457.